The lowest BCUT2D eigenvalue weighted by atomic mass is 9.80. The lowest BCUT2D eigenvalue weighted by Crippen LogP contribution is -2.40. The van der Waals surface area contributed by atoms with Gasteiger partial charge < -0.3 is 19.5 Å². The van der Waals surface area contributed by atoms with Gasteiger partial charge in [-0.25, -0.2) is 4.79 Å². The van der Waals surface area contributed by atoms with Crippen molar-refractivity contribution in [3.05, 3.63) is 144 Å². The van der Waals surface area contributed by atoms with Crippen LogP contribution < -0.4 is 0 Å². The summed E-state index contributed by atoms with van der Waals surface area (Å²) in [5.74, 6) is 0. The minimum absolute atomic E-state index is 0.230. The summed E-state index contributed by atoms with van der Waals surface area (Å²) in [7, 11) is 0. The fraction of sp³-hybridized carbons (Fsp3) is 0.286. The molecule has 1 aliphatic rings. The van der Waals surface area contributed by atoms with E-state index in [2.05, 4.69) is 36.4 Å². The van der Waals surface area contributed by atoms with Crippen LogP contribution in [0.1, 0.15) is 47.9 Å². The highest BCUT2D eigenvalue weighted by Crippen LogP contribution is 2.40. The second kappa shape index (κ2) is 13.4. The van der Waals surface area contributed by atoms with Crippen molar-refractivity contribution in [2.75, 3.05) is 13.2 Å². The summed E-state index contributed by atoms with van der Waals surface area (Å²) in [4.78, 5) is 14.5. The Morgan fingerprint density at radius 1 is 0.750 bits per heavy atom. The van der Waals surface area contributed by atoms with Gasteiger partial charge in [-0.3, -0.25) is 0 Å². The molecule has 5 rings (SSSR count). The largest absolute Gasteiger partial charge is 0.445 e. The maximum Gasteiger partial charge on any atom is 0.410 e. The number of hydrogen-bond acceptors (Lipinski definition) is 4. The van der Waals surface area contributed by atoms with Gasteiger partial charge in [0.2, 0.25) is 0 Å². The van der Waals surface area contributed by atoms with E-state index >= 15 is 0 Å². The van der Waals surface area contributed by atoms with Crippen molar-refractivity contribution in [2.45, 2.75) is 50.0 Å². The zero-order valence-corrected chi connectivity index (χ0v) is 22.8. The van der Waals surface area contributed by atoms with E-state index in [1.54, 1.807) is 4.90 Å². The fourth-order valence-electron chi connectivity index (χ4n) is 5.66. The Morgan fingerprint density at radius 3 is 1.77 bits per heavy atom. The normalized spacial score (nSPS) is 17.1. The molecule has 1 N–H and O–H groups in total. The summed E-state index contributed by atoms with van der Waals surface area (Å²) in [5, 5.41) is 10.6. The summed E-state index contributed by atoms with van der Waals surface area (Å²) in [6, 6.07) is 40.5. The molecule has 1 heterocycles. The third kappa shape index (κ3) is 6.27. The molecule has 0 spiro atoms. The Hall–Kier alpha value is -3.93. The topological polar surface area (TPSA) is 59.0 Å². The maximum absolute atomic E-state index is 12.8. The highest BCUT2D eigenvalue weighted by molar-refractivity contribution is 5.68. The number of aliphatic hydroxyl groups excluding tert-OH is 1. The number of carbonyl (C=O) groups excluding carboxylic acids is 1. The number of benzene rings is 4. The monoisotopic (exact) mass is 535 g/mol. The van der Waals surface area contributed by atoms with Gasteiger partial charge in [-0.1, -0.05) is 121 Å². The summed E-state index contributed by atoms with van der Waals surface area (Å²) < 4.78 is 12.4. The van der Waals surface area contributed by atoms with E-state index in [1.165, 1.54) is 0 Å². The molecule has 0 radical (unpaired) electrons. The van der Waals surface area contributed by atoms with Gasteiger partial charge in [0.1, 0.15) is 12.2 Å². The first kappa shape index (κ1) is 27.6. The second-order valence-corrected chi connectivity index (χ2v) is 10.3. The van der Waals surface area contributed by atoms with Crippen LogP contribution in [-0.2, 0) is 21.7 Å². The first-order valence-electron chi connectivity index (χ1n) is 14.1. The number of rotatable bonds is 11. The molecule has 206 valence electrons. The predicted octanol–water partition coefficient (Wildman–Crippen LogP) is 6.94. The summed E-state index contributed by atoms with van der Waals surface area (Å²) in [6.45, 7) is 1.27. The number of amides is 1. The molecule has 5 heteroatoms. The van der Waals surface area contributed by atoms with E-state index in [0.717, 1.165) is 35.1 Å². The van der Waals surface area contributed by atoms with Crippen molar-refractivity contribution in [3.63, 3.8) is 0 Å². The Morgan fingerprint density at radius 2 is 1.25 bits per heavy atom. The summed E-state index contributed by atoms with van der Waals surface area (Å²) in [5.41, 5.74) is 3.43. The first-order chi connectivity index (χ1) is 19.7. The molecule has 1 saturated heterocycles. The van der Waals surface area contributed by atoms with Crippen LogP contribution in [0.4, 0.5) is 4.79 Å². The van der Waals surface area contributed by atoms with Crippen molar-refractivity contribution in [1.82, 2.24) is 4.90 Å². The maximum atomic E-state index is 12.8. The second-order valence-electron chi connectivity index (χ2n) is 10.3. The molecule has 0 bridgehead atoms. The number of likely N-dealkylation sites (tertiary alicyclic amines) is 1. The number of unbranched alkanes of at least 4 members (excludes halogenated alkanes) is 1. The Labute approximate surface area is 237 Å². The Kier molecular flexibility index (Phi) is 9.27. The van der Waals surface area contributed by atoms with Gasteiger partial charge in [-0.2, -0.15) is 0 Å². The molecule has 0 aromatic heterocycles. The van der Waals surface area contributed by atoms with Crippen molar-refractivity contribution >= 4 is 6.09 Å². The van der Waals surface area contributed by atoms with Gasteiger partial charge in [0.15, 0.2) is 0 Å². The highest BCUT2D eigenvalue weighted by atomic mass is 16.6. The van der Waals surface area contributed by atoms with E-state index in [4.69, 9.17) is 9.47 Å². The molecule has 1 fully saturated rings. The minimum Gasteiger partial charge on any atom is -0.445 e. The van der Waals surface area contributed by atoms with Crippen LogP contribution in [0, 0.1) is 0 Å². The zero-order valence-electron chi connectivity index (χ0n) is 22.8. The molecule has 5 nitrogen and oxygen atoms in total. The number of hydrogen-bond donors (Lipinski definition) is 1. The van der Waals surface area contributed by atoms with Crippen molar-refractivity contribution in [1.29, 1.82) is 0 Å². The van der Waals surface area contributed by atoms with Gasteiger partial charge in [0, 0.05) is 13.2 Å². The Balaban J connectivity index is 1.24. The lowest BCUT2D eigenvalue weighted by Gasteiger charge is -2.36. The number of ether oxygens (including phenoxy) is 2. The van der Waals surface area contributed by atoms with E-state index in [-0.39, 0.29) is 18.7 Å². The molecule has 1 amide bonds. The predicted molar refractivity (Wildman–Crippen MR) is 157 cm³/mol. The van der Waals surface area contributed by atoms with Gasteiger partial charge in [0.05, 0.1) is 12.1 Å². The van der Waals surface area contributed by atoms with Crippen LogP contribution in [0.25, 0.3) is 0 Å². The van der Waals surface area contributed by atoms with Gasteiger partial charge in [0.25, 0.3) is 0 Å². The van der Waals surface area contributed by atoms with E-state index in [9.17, 15) is 9.90 Å². The molecular formula is C35H37NO4. The van der Waals surface area contributed by atoms with E-state index in [0.29, 0.717) is 26.0 Å². The van der Waals surface area contributed by atoms with E-state index < -0.39 is 11.7 Å². The third-order valence-electron chi connectivity index (χ3n) is 7.70. The number of aliphatic hydroxyl groups is 1. The molecule has 1 aliphatic heterocycles. The third-order valence-corrected chi connectivity index (χ3v) is 7.70. The number of carbonyl (C=O) groups is 1. The molecule has 4 aromatic carbocycles. The van der Waals surface area contributed by atoms with Crippen LogP contribution >= 0.6 is 0 Å². The molecule has 0 unspecified atom stereocenters. The highest BCUT2D eigenvalue weighted by Gasteiger charge is 2.38. The molecule has 2 atom stereocenters. The van der Waals surface area contributed by atoms with E-state index in [1.807, 2.05) is 84.9 Å². The van der Waals surface area contributed by atoms with Gasteiger partial charge in [-0.15, -0.1) is 0 Å². The average molecular weight is 536 g/mol. The molecule has 40 heavy (non-hydrogen) atoms. The van der Waals surface area contributed by atoms with Crippen molar-refractivity contribution in [3.8, 4) is 0 Å². The van der Waals surface area contributed by atoms with Crippen LogP contribution in [0.2, 0.25) is 0 Å². The van der Waals surface area contributed by atoms with Crippen molar-refractivity contribution in [2.24, 2.45) is 0 Å². The SMILES string of the molecule is O=C(OCc1ccccc1)N1CC[C@H](O)[C@@H]1CCCCOC(c1ccccc1)(c1ccccc1)c1ccccc1. The standard InChI is InChI=1S/C35H37NO4/c37-33-24-25-36(34(38)39-27-28-15-5-1-6-16-28)32(33)23-13-14-26-40-35(29-17-7-2-8-18-29,30-19-9-3-10-20-30)31-21-11-4-12-22-31/h1-12,15-22,32-33,37H,13-14,23-27H2/t32-,33-/m0/s1. The van der Waals surface area contributed by atoms with Crippen LogP contribution in [-0.4, -0.2) is 41.4 Å². The Bertz CT molecular complexity index is 1220. The molecule has 4 aromatic rings. The molecule has 0 saturated carbocycles. The van der Waals surface area contributed by atoms with Gasteiger partial charge >= 0.3 is 6.09 Å². The number of nitrogens with zero attached hydrogens (tertiary/aromatic N) is 1. The summed E-state index contributed by atoms with van der Waals surface area (Å²) in [6.07, 6.45) is 1.98. The van der Waals surface area contributed by atoms with Crippen molar-refractivity contribution < 1.29 is 19.4 Å². The van der Waals surface area contributed by atoms with Crippen LogP contribution in [0.3, 0.4) is 0 Å². The molecule has 0 aliphatic carbocycles. The van der Waals surface area contributed by atoms with Crippen LogP contribution in [0.15, 0.2) is 121 Å². The quantitative estimate of drug-likeness (QED) is 0.167. The smallest absolute Gasteiger partial charge is 0.410 e. The minimum atomic E-state index is -0.746. The first-order valence-corrected chi connectivity index (χ1v) is 14.1. The summed E-state index contributed by atoms with van der Waals surface area (Å²) >= 11 is 0. The average Bonchev–Trinajstić information content (AvgIpc) is 3.39. The van der Waals surface area contributed by atoms with Crippen LogP contribution in [0.5, 0.6) is 0 Å². The molecular weight excluding hydrogens is 498 g/mol. The zero-order chi connectivity index (χ0) is 27.6. The lowest BCUT2D eigenvalue weighted by molar-refractivity contribution is 0.00919. The fourth-order valence-corrected chi connectivity index (χ4v) is 5.66. The van der Waals surface area contributed by atoms with Gasteiger partial charge in [-0.05, 0) is 47.9 Å².